The van der Waals surface area contributed by atoms with E-state index in [-0.39, 0.29) is 5.69 Å². The first kappa shape index (κ1) is 13.6. The molecule has 0 amide bonds. The van der Waals surface area contributed by atoms with Gasteiger partial charge in [-0.1, -0.05) is 23.2 Å². The molecule has 7 heteroatoms. The monoisotopic (exact) mass is 297 g/mol. The van der Waals surface area contributed by atoms with Crippen LogP contribution in [0.25, 0.3) is 0 Å². The number of nitro groups is 1. The summed E-state index contributed by atoms with van der Waals surface area (Å²) in [5.74, 6) is 0. The maximum Gasteiger partial charge on any atom is 0.269 e. The van der Waals surface area contributed by atoms with E-state index in [1.165, 1.54) is 18.2 Å². The van der Waals surface area contributed by atoms with Crippen molar-refractivity contribution in [3.05, 3.63) is 62.4 Å². The molecule has 0 aliphatic rings. The third-order valence-electron chi connectivity index (χ3n) is 2.47. The van der Waals surface area contributed by atoms with Crippen LogP contribution in [0.5, 0.6) is 0 Å². The fourth-order valence-corrected chi connectivity index (χ4v) is 1.89. The van der Waals surface area contributed by atoms with Crippen molar-refractivity contribution in [2.45, 2.75) is 6.54 Å². The van der Waals surface area contributed by atoms with Gasteiger partial charge >= 0.3 is 0 Å². The first-order valence-corrected chi connectivity index (χ1v) is 6.10. The fourth-order valence-electron chi connectivity index (χ4n) is 1.52. The van der Waals surface area contributed by atoms with E-state index in [9.17, 15) is 10.1 Å². The standard InChI is InChI=1S/C12H9Cl2N3O2/c13-10-4-3-9(17(18)19)6-8(10)7-16-11-2-1-5-15-12(11)14/h1-6,16H,7H2. The molecule has 19 heavy (non-hydrogen) atoms. The molecule has 0 saturated carbocycles. The summed E-state index contributed by atoms with van der Waals surface area (Å²) in [4.78, 5) is 14.2. The number of anilines is 1. The molecule has 2 rings (SSSR count). The third kappa shape index (κ3) is 3.33. The predicted molar refractivity (Wildman–Crippen MR) is 74.7 cm³/mol. The Morgan fingerprint density at radius 3 is 2.79 bits per heavy atom. The Kier molecular flexibility index (Phi) is 4.19. The van der Waals surface area contributed by atoms with E-state index in [0.717, 1.165) is 0 Å². The van der Waals surface area contributed by atoms with Crippen molar-refractivity contribution in [3.63, 3.8) is 0 Å². The first-order chi connectivity index (χ1) is 9.08. The number of rotatable bonds is 4. The lowest BCUT2D eigenvalue weighted by atomic mass is 10.2. The van der Waals surface area contributed by atoms with E-state index in [4.69, 9.17) is 23.2 Å². The molecule has 2 aromatic rings. The summed E-state index contributed by atoms with van der Waals surface area (Å²) in [5.41, 5.74) is 1.26. The SMILES string of the molecule is O=[N+]([O-])c1ccc(Cl)c(CNc2cccnc2Cl)c1. The molecule has 5 nitrogen and oxygen atoms in total. The van der Waals surface area contributed by atoms with Gasteiger partial charge in [-0.25, -0.2) is 4.98 Å². The van der Waals surface area contributed by atoms with Gasteiger partial charge in [-0.2, -0.15) is 0 Å². The average molecular weight is 298 g/mol. The van der Waals surface area contributed by atoms with Gasteiger partial charge in [0.05, 0.1) is 10.6 Å². The maximum absolute atomic E-state index is 10.7. The number of hydrogen-bond donors (Lipinski definition) is 1. The Bertz CT molecular complexity index is 620. The van der Waals surface area contributed by atoms with Crippen LogP contribution in [0.1, 0.15) is 5.56 Å². The van der Waals surface area contributed by atoms with E-state index < -0.39 is 4.92 Å². The maximum atomic E-state index is 10.7. The van der Waals surface area contributed by atoms with Crippen LogP contribution in [0.3, 0.4) is 0 Å². The molecule has 1 N–H and O–H groups in total. The Hall–Kier alpha value is -1.85. The lowest BCUT2D eigenvalue weighted by Crippen LogP contribution is -2.02. The Labute approximate surface area is 119 Å². The fraction of sp³-hybridized carbons (Fsp3) is 0.0833. The normalized spacial score (nSPS) is 10.2. The second kappa shape index (κ2) is 5.86. The number of hydrogen-bond acceptors (Lipinski definition) is 4. The van der Waals surface area contributed by atoms with Crippen LogP contribution < -0.4 is 5.32 Å². The molecule has 0 aliphatic heterocycles. The predicted octanol–water partition coefficient (Wildman–Crippen LogP) is 3.91. The third-order valence-corrected chi connectivity index (χ3v) is 3.14. The van der Waals surface area contributed by atoms with Crippen molar-refractivity contribution in [2.24, 2.45) is 0 Å². The van der Waals surface area contributed by atoms with Gasteiger partial charge in [-0.05, 0) is 23.8 Å². The van der Waals surface area contributed by atoms with E-state index in [2.05, 4.69) is 10.3 Å². The van der Waals surface area contributed by atoms with E-state index in [1.807, 2.05) is 0 Å². The van der Waals surface area contributed by atoms with E-state index >= 15 is 0 Å². The first-order valence-electron chi connectivity index (χ1n) is 5.35. The lowest BCUT2D eigenvalue weighted by Gasteiger charge is -2.08. The number of nitrogens with one attached hydrogen (secondary N) is 1. The molecule has 0 unspecified atom stereocenters. The highest BCUT2D eigenvalue weighted by Crippen LogP contribution is 2.24. The van der Waals surface area contributed by atoms with Crippen molar-refractivity contribution in [3.8, 4) is 0 Å². The van der Waals surface area contributed by atoms with Crippen LogP contribution in [0, 0.1) is 10.1 Å². The van der Waals surface area contributed by atoms with Crippen molar-refractivity contribution < 1.29 is 4.92 Å². The van der Waals surface area contributed by atoms with Gasteiger partial charge in [-0.3, -0.25) is 10.1 Å². The Morgan fingerprint density at radius 2 is 2.11 bits per heavy atom. The number of nitro benzene ring substituents is 1. The Morgan fingerprint density at radius 1 is 1.32 bits per heavy atom. The van der Waals surface area contributed by atoms with Gasteiger partial charge in [-0.15, -0.1) is 0 Å². The topological polar surface area (TPSA) is 68.1 Å². The van der Waals surface area contributed by atoms with E-state index in [0.29, 0.717) is 28.0 Å². The smallest absolute Gasteiger partial charge is 0.269 e. The van der Waals surface area contributed by atoms with E-state index in [1.54, 1.807) is 18.3 Å². The van der Waals surface area contributed by atoms with Crippen molar-refractivity contribution >= 4 is 34.6 Å². The molecule has 0 bridgehead atoms. The highest BCUT2D eigenvalue weighted by Gasteiger charge is 2.10. The summed E-state index contributed by atoms with van der Waals surface area (Å²) >= 11 is 11.9. The van der Waals surface area contributed by atoms with Crippen LogP contribution in [-0.4, -0.2) is 9.91 Å². The minimum atomic E-state index is -0.461. The summed E-state index contributed by atoms with van der Waals surface area (Å²) in [6, 6.07) is 7.80. The zero-order chi connectivity index (χ0) is 13.8. The highest BCUT2D eigenvalue weighted by molar-refractivity contribution is 6.32. The molecule has 0 radical (unpaired) electrons. The number of pyridine rings is 1. The van der Waals surface area contributed by atoms with Gasteiger partial charge in [0, 0.05) is 29.9 Å². The molecule has 1 aromatic heterocycles. The minimum Gasteiger partial charge on any atom is -0.378 e. The second-order valence-electron chi connectivity index (χ2n) is 3.73. The van der Waals surface area contributed by atoms with Crippen LogP contribution in [0.15, 0.2) is 36.5 Å². The molecule has 0 saturated heterocycles. The molecule has 1 aromatic carbocycles. The van der Waals surface area contributed by atoms with Gasteiger partial charge in [0.15, 0.2) is 5.15 Å². The zero-order valence-corrected chi connectivity index (χ0v) is 11.1. The second-order valence-corrected chi connectivity index (χ2v) is 4.49. The quantitative estimate of drug-likeness (QED) is 0.528. The molecular formula is C12H9Cl2N3O2. The van der Waals surface area contributed by atoms with Gasteiger partial charge in [0.1, 0.15) is 0 Å². The zero-order valence-electron chi connectivity index (χ0n) is 9.64. The summed E-state index contributed by atoms with van der Waals surface area (Å²) in [5, 5.41) is 14.5. The molecule has 0 spiro atoms. The summed E-state index contributed by atoms with van der Waals surface area (Å²) < 4.78 is 0. The molecule has 0 atom stereocenters. The summed E-state index contributed by atoms with van der Waals surface area (Å²) in [7, 11) is 0. The van der Waals surface area contributed by atoms with Crippen molar-refractivity contribution in [1.82, 2.24) is 4.98 Å². The molecular weight excluding hydrogens is 289 g/mol. The number of non-ortho nitro benzene ring substituents is 1. The largest absolute Gasteiger partial charge is 0.378 e. The lowest BCUT2D eigenvalue weighted by molar-refractivity contribution is -0.384. The Balaban J connectivity index is 2.17. The average Bonchev–Trinajstić information content (AvgIpc) is 2.39. The summed E-state index contributed by atoms with van der Waals surface area (Å²) in [6.45, 7) is 0.325. The highest BCUT2D eigenvalue weighted by atomic mass is 35.5. The number of benzene rings is 1. The van der Waals surface area contributed by atoms with Crippen LogP contribution >= 0.6 is 23.2 Å². The van der Waals surface area contributed by atoms with Gasteiger partial charge in [0.2, 0.25) is 0 Å². The van der Waals surface area contributed by atoms with Crippen LogP contribution in [0.4, 0.5) is 11.4 Å². The van der Waals surface area contributed by atoms with Crippen LogP contribution in [-0.2, 0) is 6.54 Å². The van der Waals surface area contributed by atoms with Crippen molar-refractivity contribution in [1.29, 1.82) is 0 Å². The molecule has 0 aliphatic carbocycles. The molecule has 98 valence electrons. The van der Waals surface area contributed by atoms with Crippen LogP contribution in [0.2, 0.25) is 10.2 Å². The van der Waals surface area contributed by atoms with Gasteiger partial charge < -0.3 is 5.32 Å². The minimum absolute atomic E-state index is 0.00140. The number of aromatic nitrogens is 1. The van der Waals surface area contributed by atoms with Crippen molar-refractivity contribution in [2.75, 3.05) is 5.32 Å². The number of halogens is 2. The number of nitrogens with zero attached hydrogens (tertiary/aromatic N) is 2. The summed E-state index contributed by atoms with van der Waals surface area (Å²) in [6.07, 6.45) is 1.58. The molecule has 0 fully saturated rings. The molecule has 1 heterocycles. The van der Waals surface area contributed by atoms with Gasteiger partial charge in [0.25, 0.3) is 5.69 Å².